The maximum Gasteiger partial charge on any atom is 0.673 e. The summed E-state index contributed by atoms with van der Waals surface area (Å²) in [6.07, 6.45) is 2.58. The highest BCUT2D eigenvalue weighted by Crippen LogP contribution is 2.46. The second kappa shape index (κ2) is 5.80. The van der Waals surface area contributed by atoms with Crippen LogP contribution in [0.15, 0.2) is 30.3 Å². The van der Waals surface area contributed by atoms with E-state index in [0.29, 0.717) is 10.8 Å². The fraction of sp³-hybridized carbons (Fsp3) is 0.471. The number of benzene rings is 1. The molecule has 1 nitrogen and oxygen atoms in total. The molecule has 0 bridgehead atoms. The second-order valence-corrected chi connectivity index (χ2v) is 7.38. The summed E-state index contributed by atoms with van der Waals surface area (Å²) in [4.78, 5) is 3.61. The lowest BCUT2D eigenvalue weighted by Gasteiger charge is -2.32. The molecule has 0 radical (unpaired) electrons. The van der Waals surface area contributed by atoms with Gasteiger partial charge in [0.15, 0.2) is 0 Å². The van der Waals surface area contributed by atoms with Crippen LogP contribution < -0.4 is 10.3 Å². The predicted molar refractivity (Wildman–Crippen MR) is 84.5 cm³/mol. The van der Waals surface area contributed by atoms with Crippen LogP contribution in [0.5, 0.6) is 0 Å². The maximum atomic E-state index is 9.75. The van der Waals surface area contributed by atoms with E-state index in [1.807, 2.05) is 0 Å². The highest BCUT2D eigenvalue weighted by atomic mass is 19.5. The SMILES string of the molecule is CC1(C)CCC(C)(C)c2c1c2=[NH+]c1ccccc1.F[B-](F)(F)F. The number of rotatable bonds is 1. The van der Waals surface area contributed by atoms with E-state index in [0.717, 1.165) is 0 Å². The van der Waals surface area contributed by atoms with Crippen LogP contribution in [-0.4, -0.2) is 7.25 Å². The van der Waals surface area contributed by atoms with Gasteiger partial charge in [0, 0.05) is 23.3 Å². The normalized spacial score (nSPS) is 18.8. The van der Waals surface area contributed by atoms with E-state index in [4.69, 9.17) is 0 Å². The molecule has 0 saturated carbocycles. The van der Waals surface area contributed by atoms with Crippen molar-refractivity contribution in [2.45, 2.75) is 51.4 Å². The predicted octanol–water partition coefficient (Wildman–Crippen LogP) is 3.52. The van der Waals surface area contributed by atoms with Crippen LogP contribution >= 0.6 is 0 Å². The third kappa shape index (κ3) is 4.46. The first kappa shape index (κ1) is 17.8. The first-order chi connectivity index (χ1) is 10.4. The lowest BCUT2D eigenvalue weighted by atomic mass is 9.71. The molecule has 0 fully saturated rings. The molecule has 1 aliphatic carbocycles. The minimum atomic E-state index is -6.00. The first-order valence-electron chi connectivity index (χ1n) is 7.74. The van der Waals surface area contributed by atoms with Gasteiger partial charge < -0.3 is 17.3 Å². The minimum absolute atomic E-state index is 0.349. The molecule has 2 aromatic carbocycles. The Hall–Kier alpha value is -1.59. The largest absolute Gasteiger partial charge is 0.673 e. The summed E-state index contributed by atoms with van der Waals surface area (Å²) >= 11 is 0. The molecule has 126 valence electrons. The van der Waals surface area contributed by atoms with Gasteiger partial charge in [-0.15, -0.1) is 0 Å². The van der Waals surface area contributed by atoms with E-state index in [2.05, 4.69) is 63.0 Å². The van der Waals surface area contributed by atoms with Gasteiger partial charge in [0.1, 0.15) is 0 Å². The average Bonchev–Trinajstić information content (AvgIpc) is 3.11. The van der Waals surface area contributed by atoms with Crippen LogP contribution in [0.25, 0.3) is 0 Å². The van der Waals surface area contributed by atoms with Crippen LogP contribution in [0.4, 0.5) is 23.0 Å². The number of fused-ring (bicyclic) bond motifs is 1. The Bertz CT molecular complexity index is 655. The Kier molecular flexibility index (Phi) is 4.48. The summed E-state index contributed by atoms with van der Waals surface area (Å²) < 4.78 is 39.0. The summed E-state index contributed by atoms with van der Waals surface area (Å²) in [6, 6.07) is 10.5. The Labute approximate surface area is 134 Å². The van der Waals surface area contributed by atoms with Gasteiger partial charge in [-0.05, 0) is 23.7 Å². The zero-order chi connectivity index (χ0) is 17.5. The zero-order valence-electron chi connectivity index (χ0n) is 13.9. The minimum Gasteiger partial charge on any atom is -0.418 e. The average molecular weight is 327 g/mol. The smallest absolute Gasteiger partial charge is 0.418 e. The second-order valence-electron chi connectivity index (χ2n) is 7.38. The van der Waals surface area contributed by atoms with Crippen molar-refractivity contribution >= 4 is 12.9 Å². The van der Waals surface area contributed by atoms with Crippen LogP contribution in [0.2, 0.25) is 0 Å². The molecule has 0 saturated heterocycles. The lowest BCUT2D eigenvalue weighted by molar-refractivity contribution is -0.399. The van der Waals surface area contributed by atoms with E-state index in [-0.39, 0.29) is 0 Å². The van der Waals surface area contributed by atoms with E-state index in [1.165, 1.54) is 23.9 Å². The van der Waals surface area contributed by atoms with Crippen molar-refractivity contribution in [2.75, 3.05) is 0 Å². The summed E-state index contributed by atoms with van der Waals surface area (Å²) in [7, 11) is -6.00. The highest BCUT2D eigenvalue weighted by Gasteiger charge is 2.49. The summed E-state index contributed by atoms with van der Waals surface area (Å²) in [5.74, 6) is 0. The molecule has 1 N–H and O–H groups in total. The van der Waals surface area contributed by atoms with Crippen LogP contribution in [0.1, 0.15) is 51.7 Å². The molecule has 6 heteroatoms. The van der Waals surface area contributed by atoms with Crippen molar-refractivity contribution in [3.63, 3.8) is 0 Å². The van der Waals surface area contributed by atoms with Crippen LogP contribution in [0, 0.1) is 0 Å². The van der Waals surface area contributed by atoms with Crippen LogP contribution in [0.3, 0.4) is 0 Å². The Morgan fingerprint density at radius 2 is 1.22 bits per heavy atom. The first-order valence-corrected chi connectivity index (χ1v) is 7.74. The van der Waals surface area contributed by atoms with Crippen molar-refractivity contribution < 1.29 is 22.3 Å². The molecule has 2 aromatic rings. The van der Waals surface area contributed by atoms with Gasteiger partial charge in [-0.1, -0.05) is 45.9 Å². The van der Waals surface area contributed by atoms with Gasteiger partial charge in [-0.2, -0.15) is 0 Å². The fourth-order valence-electron chi connectivity index (χ4n) is 3.21. The molecule has 3 rings (SSSR count). The van der Waals surface area contributed by atoms with Gasteiger partial charge in [-0.25, -0.2) is 4.99 Å². The molecular weight excluding hydrogens is 305 g/mol. The van der Waals surface area contributed by atoms with Crippen molar-refractivity contribution in [3.05, 3.63) is 46.8 Å². The maximum absolute atomic E-state index is 9.75. The molecule has 0 amide bonds. The van der Waals surface area contributed by atoms with Gasteiger partial charge in [0.2, 0.25) is 11.0 Å². The van der Waals surface area contributed by atoms with Gasteiger partial charge in [-0.3, -0.25) is 0 Å². The molecule has 0 heterocycles. The van der Waals surface area contributed by atoms with Crippen molar-refractivity contribution in [3.8, 4) is 0 Å². The molecule has 0 unspecified atom stereocenters. The van der Waals surface area contributed by atoms with Crippen molar-refractivity contribution in [1.29, 1.82) is 0 Å². The van der Waals surface area contributed by atoms with E-state index >= 15 is 0 Å². The zero-order valence-corrected chi connectivity index (χ0v) is 13.9. The van der Waals surface area contributed by atoms with E-state index in [1.54, 1.807) is 11.1 Å². The Morgan fingerprint density at radius 3 is 1.61 bits per heavy atom. The quantitative estimate of drug-likeness (QED) is 0.609. The number of hydrogen-bond acceptors (Lipinski definition) is 0. The number of hydrogen-bond donors (Lipinski definition) is 1. The summed E-state index contributed by atoms with van der Waals surface area (Å²) in [5, 5.41) is 1.41. The van der Waals surface area contributed by atoms with Gasteiger partial charge >= 0.3 is 7.25 Å². The topological polar surface area (TPSA) is 14.0 Å². The summed E-state index contributed by atoms with van der Waals surface area (Å²) in [5.41, 5.74) is 5.07. The highest BCUT2D eigenvalue weighted by molar-refractivity contribution is 6.50. The van der Waals surface area contributed by atoms with Crippen molar-refractivity contribution in [2.24, 2.45) is 0 Å². The Morgan fingerprint density at radius 1 is 0.826 bits per heavy atom. The number of halogens is 4. The molecule has 0 aliphatic heterocycles. The molecule has 1 aliphatic rings. The van der Waals surface area contributed by atoms with Gasteiger partial charge in [0.05, 0.1) is 0 Å². The third-order valence-electron chi connectivity index (χ3n) is 4.46. The monoisotopic (exact) mass is 327 g/mol. The van der Waals surface area contributed by atoms with Crippen molar-refractivity contribution in [1.82, 2.24) is 0 Å². The van der Waals surface area contributed by atoms with E-state index in [9.17, 15) is 17.3 Å². The number of nitrogens with one attached hydrogen (secondary N) is 1. The van der Waals surface area contributed by atoms with E-state index < -0.39 is 7.25 Å². The lowest BCUT2D eigenvalue weighted by Crippen LogP contribution is -2.68. The van der Waals surface area contributed by atoms with Gasteiger partial charge in [0.25, 0.3) is 0 Å². The standard InChI is InChI=1S/C17H21N.BF4/c1-16(2)10-11-17(3,4)14-13(16)15(14)18-12-8-6-5-7-9-12;2-1(3,4)5/h5-9H,10-11H2,1-4H3;/q;-1/p+1. The molecule has 0 atom stereocenters. The third-order valence-corrected chi connectivity index (χ3v) is 4.46. The fourth-order valence-corrected chi connectivity index (χ4v) is 3.21. The molecule has 0 aromatic heterocycles. The molecular formula is C17H22BF4N. The number of para-hydroxylation sites is 1. The molecule has 0 spiro atoms. The summed E-state index contributed by atoms with van der Waals surface area (Å²) in [6.45, 7) is 9.49. The molecule has 23 heavy (non-hydrogen) atoms. The Balaban J connectivity index is 0.000000338. The van der Waals surface area contributed by atoms with Crippen LogP contribution in [-0.2, 0) is 10.8 Å².